The summed E-state index contributed by atoms with van der Waals surface area (Å²) in [4.78, 5) is 13.2. The fraction of sp³-hybridized carbons (Fsp3) is 0.300. The van der Waals surface area contributed by atoms with Gasteiger partial charge in [-0.05, 0) is 18.6 Å². The van der Waals surface area contributed by atoms with Crippen LogP contribution in [0.5, 0.6) is 0 Å². The van der Waals surface area contributed by atoms with Crippen LogP contribution < -0.4 is 10.6 Å². The molecule has 1 saturated heterocycles. The summed E-state index contributed by atoms with van der Waals surface area (Å²) < 4.78 is 0. The molecule has 1 aliphatic rings. The lowest BCUT2D eigenvalue weighted by Crippen LogP contribution is -2.38. The van der Waals surface area contributed by atoms with E-state index >= 15 is 0 Å². The third kappa shape index (κ3) is 1.37. The van der Waals surface area contributed by atoms with Crippen LogP contribution in [0.15, 0.2) is 24.3 Å². The zero-order chi connectivity index (χ0) is 9.26. The van der Waals surface area contributed by atoms with Crippen molar-refractivity contribution in [1.29, 1.82) is 0 Å². The van der Waals surface area contributed by atoms with E-state index in [9.17, 15) is 4.79 Å². The van der Waals surface area contributed by atoms with Gasteiger partial charge in [0.1, 0.15) is 0 Å². The molecule has 3 nitrogen and oxygen atoms in total. The predicted octanol–water partition coefficient (Wildman–Crippen LogP) is 0.996. The normalized spacial score (nSPS) is 15.2. The van der Waals surface area contributed by atoms with Gasteiger partial charge in [-0.25, -0.2) is 0 Å². The highest BCUT2D eigenvalue weighted by Gasteiger charge is 2.18. The lowest BCUT2D eigenvalue weighted by molar-refractivity contribution is 0.100. The number of anilines is 1. The Morgan fingerprint density at radius 3 is 2.54 bits per heavy atom. The van der Waals surface area contributed by atoms with E-state index in [-0.39, 0.29) is 5.91 Å². The van der Waals surface area contributed by atoms with Crippen molar-refractivity contribution in [3.8, 4) is 0 Å². The van der Waals surface area contributed by atoms with Crippen LogP contribution in [0.25, 0.3) is 0 Å². The van der Waals surface area contributed by atoms with Gasteiger partial charge in [-0.2, -0.15) is 0 Å². The molecule has 2 rings (SSSR count). The Bertz CT molecular complexity index is 331. The fourth-order valence-corrected chi connectivity index (χ4v) is 1.51. The van der Waals surface area contributed by atoms with E-state index < -0.39 is 0 Å². The van der Waals surface area contributed by atoms with Crippen LogP contribution in [0.2, 0.25) is 0 Å². The Morgan fingerprint density at radius 2 is 2.00 bits per heavy atom. The predicted molar refractivity (Wildman–Crippen MR) is 51.8 cm³/mol. The molecular formula is C10H12N2O. The van der Waals surface area contributed by atoms with Crippen LogP contribution in [-0.2, 0) is 0 Å². The highest BCUT2D eigenvalue weighted by molar-refractivity contribution is 5.98. The second kappa shape index (κ2) is 3.09. The molecule has 0 aromatic heterocycles. The maximum absolute atomic E-state index is 11.1. The monoisotopic (exact) mass is 176 g/mol. The molecule has 1 aliphatic heterocycles. The molecule has 0 saturated carbocycles. The summed E-state index contributed by atoms with van der Waals surface area (Å²) in [6.45, 7) is 2.06. The summed E-state index contributed by atoms with van der Waals surface area (Å²) in [7, 11) is 0. The number of carbonyl (C=O) groups excluding carboxylic acids is 1. The van der Waals surface area contributed by atoms with Crippen molar-refractivity contribution in [3.63, 3.8) is 0 Å². The minimum absolute atomic E-state index is 0.345. The van der Waals surface area contributed by atoms with E-state index in [1.165, 1.54) is 6.42 Å². The average molecular weight is 176 g/mol. The number of nitrogens with zero attached hydrogens (tertiary/aromatic N) is 1. The molecule has 1 fully saturated rings. The summed E-state index contributed by atoms with van der Waals surface area (Å²) in [5.74, 6) is -0.345. The first-order chi connectivity index (χ1) is 6.29. The first-order valence-corrected chi connectivity index (χ1v) is 4.43. The number of hydrogen-bond acceptors (Lipinski definition) is 2. The Balaban J connectivity index is 2.36. The zero-order valence-electron chi connectivity index (χ0n) is 7.36. The van der Waals surface area contributed by atoms with Gasteiger partial charge in [-0.15, -0.1) is 0 Å². The van der Waals surface area contributed by atoms with Gasteiger partial charge in [0.25, 0.3) is 5.91 Å². The molecule has 1 heterocycles. The smallest absolute Gasteiger partial charge is 0.250 e. The number of primary amides is 1. The van der Waals surface area contributed by atoms with Gasteiger partial charge >= 0.3 is 0 Å². The van der Waals surface area contributed by atoms with Gasteiger partial charge in [-0.1, -0.05) is 12.1 Å². The topological polar surface area (TPSA) is 46.3 Å². The van der Waals surface area contributed by atoms with E-state index in [2.05, 4.69) is 4.90 Å². The van der Waals surface area contributed by atoms with E-state index in [0.29, 0.717) is 5.56 Å². The van der Waals surface area contributed by atoms with Crippen molar-refractivity contribution in [2.45, 2.75) is 6.42 Å². The van der Waals surface area contributed by atoms with Gasteiger partial charge in [0.2, 0.25) is 0 Å². The standard InChI is InChI=1S/C10H12N2O/c11-10(13)8-4-1-2-5-9(8)12-6-3-7-12/h1-2,4-5H,3,6-7H2,(H2,11,13). The van der Waals surface area contributed by atoms with Gasteiger partial charge in [-0.3, -0.25) is 4.79 Å². The summed E-state index contributed by atoms with van der Waals surface area (Å²) in [5, 5.41) is 0. The summed E-state index contributed by atoms with van der Waals surface area (Å²) >= 11 is 0. The van der Waals surface area contributed by atoms with Crippen LogP contribution in [0.1, 0.15) is 16.8 Å². The summed E-state index contributed by atoms with van der Waals surface area (Å²) in [6, 6.07) is 7.48. The van der Waals surface area contributed by atoms with Gasteiger partial charge in [0, 0.05) is 18.8 Å². The van der Waals surface area contributed by atoms with E-state index in [4.69, 9.17) is 5.73 Å². The van der Waals surface area contributed by atoms with E-state index in [1.54, 1.807) is 6.07 Å². The molecule has 0 radical (unpaired) electrons. The van der Waals surface area contributed by atoms with Crippen molar-refractivity contribution in [2.75, 3.05) is 18.0 Å². The Morgan fingerprint density at radius 1 is 1.31 bits per heavy atom. The van der Waals surface area contributed by atoms with Crippen LogP contribution in [-0.4, -0.2) is 19.0 Å². The molecule has 13 heavy (non-hydrogen) atoms. The zero-order valence-corrected chi connectivity index (χ0v) is 7.36. The van der Waals surface area contributed by atoms with Crippen molar-refractivity contribution >= 4 is 11.6 Å². The maximum Gasteiger partial charge on any atom is 0.250 e. The second-order valence-corrected chi connectivity index (χ2v) is 3.22. The number of nitrogens with two attached hydrogens (primary N) is 1. The van der Waals surface area contributed by atoms with Crippen LogP contribution in [0, 0.1) is 0 Å². The first kappa shape index (κ1) is 8.10. The van der Waals surface area contributed by atoms with E-state index in [0.717, 1.165) is 18.8 Å². The number of carbonyl (C=O) groups is 1. The molecule has 68 valence electrons. The molecule has 0 spiro atoms. The Kier molecular flexibility index (Phi) is 1.93. The van der Waals surface area contributed by atoms with Gasteiger partial charge < -0.3 is 10.6 Å². The Hall–Kier alpha value is -1.51. The van der Waals surface area contributed by atoms with Crippen LogP contribution in [0.4, 0.5) is 5.69 Å². The van der Waals surface area contributed by atoms with Gasteiger partial charge in [0.15, 0.2) is 0 Å². The second-order valence-electron chi connectivity index (χ2n) is 3.22. The van der Waals surface area contributed by atoms with Crippen molar-refractivity contribution in [3.05, 3.63) is 29.8 Å². The molecule has 0 aliphatic carbocycles. The molecule has 1 aromatic rings. The SMILES string of the molecule is NC(=O)c1ccccc1N1CCC1. The van der Waals surface area contributed by atoms with Crippen LogP contribution in [0.3, 0.4) is 0 Å². The van der Waals surface area contributed by atoms with Crippen LogP contribution >= 0.6 is 0 Å². The molecule has 2 N–H and O–H groups in total. The highest BCUT2D eigenvalue weighted by atomic mass is 16.1. The number of para-hydroxylation sites is 1. The maximum atomic E-state index is 11.1. The molecule has 0 bridgehead atoms. The van der Waals surface area contributed by atoms with Crippen molar-refractivity contribution < 1.29 is 4.79 Å². The number of amides is 1. The summed E-state index contributed by atoms with van der Waals surface area (Å²) in [5.41, 5.74) is 6.87. The summed E-state index contributed by atoms with van der Waals surface area (Å²) in [6.07, 6.45) is 1.20. The number of benzene rings is 1. The molecule has 0 unspecified atom stereocenters. The lowest BCUT2D eigenvalue weighted by Gasteiger charge is -2.34. The fourth-order valence-electron chi connectivity index (χ4n) is 1.51. The third-order valence-electron chi connectivity index (χ3n) is 2.37. The molecule has 1 amide bonds. The third-order valence-corrected chi connectivity index (χ3v) is 2.37. The largest absolute Gasteiger partial charge is 0.371 e. The lowest BCUT2D eigenvalue weighted by atomic mass is 10.1. The minimum atomic E-state index is -0.345. The van der Waals surface area contributed by atoms with E-state index in [1.807, 2.05) is 18.2 Å². The average Bonchev–Trinajstić information content (AvgIpc) is 2.02. The first-order valence-electron chi connectivity index (χ1n) is 4.43. The molecule has 1 aromatic carbocycles. The number of rotatable bonds is 2. The van der Waals surface area contributed by atoms with Crippen molar-refractivity contribution in [1.82, 2.24) is 0 Å². The van der Waals surface area contributed by atoms with Crippen molar-refractivity contribution in [2.24, 2.45) is 5.73 Å². The quantitative estimate of drug-likeness (QED) is 0.730. The highest BCUT2D eigenvalue weighted by Crippen LogP contribution is 2.24. The molecule has 0 atom stereocenters. The van der Waals surface area contributed by atoms with Gasteiger partial charge in [0.05, 0.1) is 5.56 Å². The molecule has 3 heteroatoms. The molecular weight excluding hydrogens is 164 g/mol. The number of hydrogen-bond donors (Lipinski definition) is 1. The minimum Gasteiger partial charge on any atom is -0.371 e. The Labute approximate surface area is 77.1 Å².